The Labute approximate surface area is 129 Å². The average molecular weight is 328 g/mol. The van der Waals surface area contributed by atoms with Gasteiger partial charge in [-0.15, -0.1) is 0 Å². The van der Waals surface area contributed by atoms with Crippen molar-refractivity contribution >= 4 is 17.6 Å². The van der Waals surface area contributed by atoms with Crippen LogP contribution in [-0.2, 0) is 9.53 Å². The average Bonchev–Trinajstić information content (AvgIpc) is 2.49. The van der Waals surface area contributed by atoms with Crippen molar-refractivity contribution in [3.8, 4) is 5.75 Å². The standard InChI is InChI=1S/C13H13FN2O7/c14-9-5-8(13(18)19)10(16(20)21)6-11(9)23-12(17)7-15-1-3-22-4-2-15/h5-6H,1-4,7H2,(H,18,19). The van der Waals surface area contributed by atoms with Crippen LogP contribution in [-0.4, -0.2) is 59.7 Å². The fourth-order valence-electron chi connectivity index (χ4n) is 2.04. The fraction of sp³-hybridized carbons (Fsp3) is 0.385. The lowest BCUT2D eigenvalue weighted by molar-refractivity contribution is -0.385. The monoisotopic (exact) mass is 328 g/mol. The summed E-state index contributed by atoms with van der Waals surface area (Å²) in [6, 6.07) is 1.05. The van der Waals surface area contributed by atoms with E-state index >= 15 is 0 Å². The molecule has 23 heavy (non-hydrogen) atoms. The molecular weight excluding hydrogens is 315 g/mol. The molecule has 1 aliphatic heterocycles. The number of hydrogen-bond donors (Lipinski definition) is 1. The van der Waals surface area contributed by atoms with Crippen molar-refractivity contribution in [1.29, 1.82) is 0 Å². The molecule has 0 aromatic heterocycles. The molecule has 0 saturated carbocycles. The molecule has 0 spiro atoms. The molecule has 1 aromatic carbocycles. The third-order valence-corrected chi connectivity index (χ3v) is 3.16. The Hall–Kier alpha value is -2.59. The summed E-state index contributed by atoms with van der Waals surface area (Å²) in [5, 5.41) is 19.7. The van der Waals surface area contributed by atoms with E-state index in [0.29, 0.717) is 38.4 Å². The number of nitrogens with zero attached hydrogens (tertiary/aromatic N) is 2. The van der Waals surface area contributed by atoms with Crippen LogP contribution in [0.1, 0.15) is 10.4 Å². The molecule has 1 N–H and O–H groups in total. The van der Waals surface area contributed by atoms with Gasteiger partial charge in [-0.25, -0.2) is 9.18 Å². The maximum Gasteiger partial charge on any atom is 0.342 e. The summed E-state index contributed by atoms with van der Waals surface area (Å²) in [6.45, 7) is 1.81. The first-order valence-electron chi connectivity index (χ1n) is 6.60. The molecular formula is C13H13FN2O7. The summed E-state index contributed by atoms with van der Waals surface area (Å²) in [7, 11) is 0. The largest absolute Gasteiger partial charge is 0.477 e. The first kappa shape index (κ1) is 16.8. The molecule has 1 heterocycles. The zero-order chi connectivity index (χ0) is 17.0. The minimum atomic E-state index is -1.65. The molecule has 0 radical (unpaired) electrons. The highest BCUT2D eigenvalue weighted by Gasteiger charge is 2.25. The third-order valence-electron chi connectivity index (χ3n) is 3.16. The number of morpholine rings is 1. The first-order chi connectivity index (χ1) is 10.9. The number of benzene rings is 1. The predicted octanol–water partition coefficient (Wildman–Crippen LogP) is 0.670. The summed E-state index contributed by atoms with van der Waals surface area (Å²) >= 11 is 0. The highest BCUT2D eigenvalue weighted by atomic mass is 19.1. The molecule has 0 aliphatic carbocycles. The van der Waals surface area contributed by atoms with Crippen molar-refractivity contribution in [3.05, 3.63) is 33.6 Å². The highest BCUT2D eigenvalue weighted by molar-refractivity contribution is 5.92. The van der Waals surface area contributed by atoms with Crippen LogP contribution in [0.2, 0.25) is 0 Å². The Kier molecular flexibility index (Phi) is 5.19. The Morgan fingerprint density at radius 3 is 2.61 bits per heavy atom. The van der Waals surface area contributed by atoms with Crippen LogP contribution in [0.25, 0.3) is 0 Å². The molecule has 0 amide bonds. The smallest absolute Gasteiger partial charge is 0.342 e. The van der Waals surface area contributed by atoms with Gasteiger partial charge in [-0.05, 0) is 6.07 Å². The molecule has 1 aromatic rings. The number of carbonyl (C=O) groups is 2. The van der Waals surface area contributed by atoms with Gasteiger partial charge in [-0.2, -0.15) is 0 Å². The Morgan fingerprint density at radius 1 is 1.39 bits per heavy atom. The van der Waals surface area contributed by atoms with Crippen molar-refractivity contribution in [2.24, 2.45) is 0 Å². The minimum Gasteiger partial charge on any atom is -0.477 e. The first-order valence-corrected chi connectivity index (χ1v) is 6.60. The molecule has 124 valence electrons. The summed E-state index contributed by atoms with van der Waals surface area (Å²) in [4.78, 5) is 34.2. The number of ether oxygens (including phenoxy) is 2. The van der Waals surface area contributed by atoms with E-state index in [9.17, 15) is 24.1 Å². The number of hydrogen-bond acceptors (Lipinski definition) is 7. The number of halogens is 1. The molecule has 1 fully saturated rings. The number of carboxylic acids is 1. The van der Waals surface area contributed by atoms with Gasteiger partial charge in [0.25, 0.3) is 5.69 Å². The zero-order valence-corrected chi connectivity index (χ0v) is 11.9. The molecule has 2 rings (SSSR count). The number of nitro groups is 1. The van der Waals surface area contributed by atoms with E-state index in [0.717, 1.165) is 0 Å². The van der Waals surface area contributed by atoms with Crippen LogP contribution in [0.5, 0.6) is 5.75 Å². The van der Waals surface area contributed by atoms with Crippen LogP contribution in [0.15, 0.2) is 12.1 Å². The van der Waals surface area contributed by atoms with Crippen molar-refractivity contribution < 1.29 is 33.5 Å². The predicted molar refractivity (Wildman–Crippen MR) is 72.9 cm³/mol. The third kappa shape index (κ3) is 4.20. The molecule has 10 heteroatoms. The Bertz CT molecular complexity index is 643. The summed E-state index contributed by atoms with van der Waals surface area (Å²) < 4.78 is 23.7. The molecule has 9 nitrogen and oxygen atoms in total. The molecule has 0 unspecified atom stereocenters. The highest BCUT2D eigenvalue weighted by Crippen LogP contribution is 2.28. The van der Waals surface area contributed by atoms with Crippen LogP contribution in [0, 0.1) is 15.9 Å². The molecule has 1 aliphatic rings. The summed E-state index contributed by atoms with van der Waals surface area (Å²) in [5.74, 6) is -4.30. The van der Waals surface area contributed by atoms with Gasteiger partial charge in [0, 0.05) is 13.1 Å². The van der Waals surface area contributed by atoms with Gasteiger partial charge >= 0.3 is 11.9 Å². The van der Waals surface area contributed by atoms with Crippen LogP contribution < -0.4 is 4.74 Å². The number of esters is 1. The van der Waals surface area contributed by atoms with E-state index in [1.165, 1.54) is 0 Å². The van der Waals surface area contributed by atoms with E-state index < -0.39 is 39.7 Å². The lowest BCUT2D eigenvalue weighted by atomic mass is 10.1. The van der Waals surface area contributed by atoms with E-state index in [1.54, 1.807) is 4.90 Å². The minimum absolute atomic E-state index is 0.128. The normalized spacial score (nSPS) is 15.2. The van der Waals surface area contributed by atoms with Crippen LogP contribution in [0.4, 0.5) is 10.1 Å². The second-order valence-corrected chi connectivity index (χ2v) is 4.72. The fourth-order valence-corrected chi connectivity index (χ4v) is 2.04. The van der Waals surface area contributed by atoms with Gasteiger partial charge in [0.2, 0.25) is 0 Å². The van der Waals surface area contributed by atoms with E-state index in [4.69, 9.17) is 14.6 Å². The second-order valence-electron chi connectivity index (χ2n) is 4.72. The quantitative estimate of drug-likeness (QED) is 0.362. The van der Waals surface area contributed by atoms with Gasteiger partial charge in [0.1, 0.15) is 5.56 Å². The van der Waals surface area contributed by atoms with Crippen LogP contribution >= 0.6 is 0 Å². The summed E-state index contributed by atoms with van der Waals surface area (Å²) in [6.07, 6.45) is 0. The number of carbonyl (C=O) groups excluding carboxylic acids is 1. The number of rotatable bonds is 5. The van der Waals surface area contributed by atoms with Crippen molar-refractivity contribution in [3.63, 3.8) is 0 Å². The van der Waals surface area contributed by atoms with E-state index in [-0.39, 0.29) is 6.54 Å². The Balaban J connectivity index is 2.15. The second kappa shape index (κ2) is 7.11. The Morgan fingerprint density at radius 2 is 2.04 bits per heavy atom. The topological polar surface area (TPSA) is 119 Å². The van der Waals surface area contributed by atoms with E-state index in [2.05, 4.69) is 0 Å². The summed E-state index contributed by atoms with van der Waals surface area (Å²) in [5.41, 5.74) is -1.67. The van der Waals surface area contributed by atoms with E-state index in [1.807, 2.05) is 0 Å². The molecule has 0 atom stereocenters. The van der Waals surface area contributed by atoms with Gasteiger partial charge in [-0.3, -0.25) is 19.8 Å². The zero-order valence-electron chi connectivity index (χ0n) is 11.9. The van der Waals surface area contributed by atoms with Crippen molar-refractivity contribution in [2.45, 2.75) is 0 Å². The lowest BCUT2D eigenvalue weighted by Crippen LogP contribution is -2.40. The number of aromatic carboxylic acids is 1. The van der Waals surface area contributed by atoms with Gasteiger partial charge in [0.15, 0.2) is 11.6 Å². The lowest BCUT2D eigenvalue weighted by Gasteiger charge is -2.25. The maximum absolute atomic E-state index is 13.8. The van der Waals surface area contributed by atoms with Gasteiger partial charge < -0.3 is 14.6 Å². The maximum atomic E-state index is 13.8. The molecule has 1 saturated heterocycles. The van der Waals surface area contributed by atoms with Gasteiger partial charge in [0.05, 0.1) is 30.7 Å². The van der Waals surface area contributed by atoms with Gasteiger partial charge in [-0.1, -0.05) is 0 Å². The van der Waals surface area contributed by atoms with Crippen LogP contribution in [0.3, 0.4) is 0 Å². The van der Waals surface area contributed by atoms with Crippen molar-refractivity contribution in [2.75, 3.05) is 32.8 Å². The number of nitro benzene ring substituents is 1. The molecule has 0 bridgehead atoms. The number of carboxylic acid groups (broad SMARTS) is 1. The SMILES string of the molecule is O=C(CN1CCOCC1)Oc1cc([N+](=O)[O-])c(C(=O)O)cc1F. The van der Waals surface area contributed by atoms with Crippen molar-refractivity contribution in [1.82, 2.24) is 4.90 Å².